The minimum atomic E-state index is -0.419. The fraction of sp³-hybridized carbons (Fsp3) is 0.565. The lowest BCUT2D eigenvalue weighted by Crippen LogP contribution is -2.21. The van der Waals surface area contributed by atoms with E-state index in [1.165, 1.54) is 0 Å². The van der Waals surface area contributed by atoms with Gasteiger partial charge in [0.25, 0.3) is 0 Å². The minimum absolute atomic E-state index is 0.0774. The normalized spacial score (nSPS) is 10.4. The Labute approximate surface area is 187 Å². The van der Waals surface area contributed by atoms with Gasteiger partial charge in [-0.2, -0.15) is 0 Å². The van der Waals surface area contributed by atoms with Crippen LogP contribution in [0.25, 0.3) is 0 Å². The molecule has 0 bridgehead atoms. The highest BCUT2D eigenvalue weighted by Gasteiger charge is 2.04. The highest BCUT2D eigenvalue weighted by molar-refractivity contribution is 5.87. The number of hydrogen-bond donors (Lipinski definition) is 0. The first kappa shape index (κ1) is 33.4. The molecule has 8 nitrogen and oxygen atoms in total. The molecule has 0 spiro atoms. The zero-order valence-electron chi connectivity index (χ0n) is 19.4. The summed E-state index contributed by atoms with van der Waals surface area (Å²) < 4.78 is 31.3. The predicted molar refractivity (Wildman–Crippen MR) is 122 cm³/mol. The predicted octanol–water partition coefficient (Wildman–Crippen LogP) is 3.28. The molecule has 0 N–H and O–H groups in total. The van der Waals surface area contributed by atoms with Crippen molar-refractivity contribution in [1.29, 1.82) is 0 Å². The monoisotopic (exact) mass is 444 g/mol. The molecule has 0 radical (unpaired) electrons. The molecule has 180 valence electrons. The van der Waals surface area contributed by atoms with E-state index in [4.69, 9.17) is 28.4 Å². The SMILES string of the molecule is C=C.C=C.C=C(C)C(=O)OCCOCCOCC(C)OCCOCCOC(=O)C(=C)C. The van der Waals surface area contributed by atoms with Crippen molar-refractivity contribution in [2.45, 2.75) is 26.9 Å². The second kappa shape index (κ2) is 25.8. The van der Waals surface area contributed by atoms with Gasteiger partial charge >= 0.3 is 11.9 Å². The van der Waals surface area contributed by atoms with Crippen LogP contribution in [0.2, 0.25) is 0 Å². The Morgan fingerprint density at radius 2 is 1.00 bits per heavy atom. The standard InChI is InChI=1S/C19H32O8.2C2H4/c1-15(2)18(20)26-12-9-22-6-7-24-14-17(5)25-11-8-23-10-13-27-19(21)16(3)4;2*1-2/h17H,1,3,6-14H2,2,4-5H3;2*1-2H2. The van der Waals surface area contributed by atoms with E-state index in [9.17, 15) is 9.59 Å². The van der Waals surface area contributed by atoms with E-state index < -0.39 is 11.9 Å². The first-order valence-corrected chi connectivity index (χ1v) is 9.84. The molecule has 0 saturated carbocycles. The summed E-state index contributed by atoms with van der Waals surface area (Å²) in [5, 5.41) is 0. The Morgan fingerprint density at radius 1 is 0.645 bits per heavy atom. The van der Waals surface area contributed by atoms with Gasteiger partial charge in [-0.3, -0.25) is 0 Å². The van der Waals surface area contributed by atoms with E-state index in [0.29, 0.717) is 57.4 Å². The molecule has 0 aliphatic carbocycles. The van der Waals surface area contributed by atoms with Crippen molar-refractivity contribution in [1.82, 2.24) is 0 Å². The summed E-state index contributed by atoms with van der Waals surface area (Å²) in [6, 6.07) is 0. The van der Waals surface area contributed by atoms with Crippen molar-refractivity contribution in [3.05, 3.63) is 50.6 Å². The molecule has 0 aromatic rings. The fourth-order valence-electron chi connectivity index (χ4n) is 1.56. The maximum atomic E-state index is 11.1. The second-order valence-corrected chi connectivity index (χ2v) is 5.81. The molecule has 0 aromatic carbocycles. The van der Waals surface area contributed by atoms with E-state index in [1.54, 1.807) is 13.8 Å². The van der Waals surface area contributed by atoms with E-state index in [-0.39, 0.29) is 19.3 Å². The van der Waals surface area contributed by atoms with Gasteiger partial charge in [0.1, 0.15) is 13.2 Å². The van der Waals surface area contributed by atoms with Crippen molar-refractivity contribution in [2.75, 3.05) is 59.5 Å². The summed E-state index contributed by atoms with van der Waals surface area (Å²) in [4.78, 5) is 22.2. The lowest BCUT2D eigenvalue weighted by molar-refractivity contribution is -0.141. The summed E-state index contributed by atoms with van der Waals surface area (Å²) >= 11 is 0. The van der Waals surface area contributed by atoms with E-state index in [0.717, 1.165) is 0 Å². The number of esters is 2. The van der Waals surface area contributed by atoms with Crippen molar-refractivity contribution < 1.29 is 38.0 Å². The topological polar surface area (TPSA) is 89.5 Å². The molecular formula is C23H40O8. The third-order valence-electron chi connectivity index (χ3n) is 2.97. The Hall–Kier alpha value is -2.26. The van der Waals surface area contributed by atoms with Gasteiger partial charge < -0.3 is 28.4 Å². The van der Waals surface area contributed by atoms with Gasteiger partial charge in [-0.1, -0.05) is 13.2 Å². The molecule has 0 rings (SSSR count). The molecule has 0 fully saturated rings. The molecule has 0 saturated heterocycles. The summed E-state index contributed by atoms with van der Waals surface area (Å²) in [6.07, 6.45) is -0.0774. The molecular weight excluding hydrogens is 404 g/mol. The van der Waals surface area contributed by atoms with Crippen LogP contribution in [-0.4, -0.2) is 77.5 Å². The summed E-state index contributed by atoms with van der Waals surface area (Å²) in [7, 11) is 0. The quantitative estimate of drug-likeness (QED) is 0.146. The zero-order chi connectivity index (χ0) is 24.5. The van der Waals surface area contributed by atoms with Crippen molar-refractivity contribution >= 4 is 11.9 Å². The van der Waals surface area contributed by atoms with Gasteiger partial charge in [-0.15, -0.1) is 26.3 Å². The maximum absolute atomic E-state index is 11.1. The number of carbonyl (C=O) groups is 2. The Morgan fingerprint density at radius 3 is 1.42 bits per heavy atom. The minimum Gasteiger partial charge on any atom is -0.460 e. The van der Waals surface area contributed by atoms with Crippen LogP contribution >= 0.6 is 0 Å². The Balaban J connectivity index is -0.00000184. The van der Waals surface area contributed by atoms with Crippen LogP contribution < -0.4 is 0 Å². The second-order valence-electron chi connectivity index (χ2n) is 5.81. The van der Waals surface area contributed by atoms with Crippen molar-refractivity contribution in [2.24, 2.45) is 0 Å². The molecule has 0 aliphatic heterocycles. The third-order valence-corrected chi connectivity index (χ3v) is 2.97. The highest BCUT2D eigenvalue weighted by atomic mass is 16.6. The van der Waals surface area contributed by atoms with Gasteiger partial charge in [0.15, 0.2) is 0 Å². The summed E-state index contributed by atoms with van der Waals surface area (Å²) in [6.45, 7) is 27.1. The van der Waals surface area contributed by atoms with Gasteiger partial charge in [0.05, 0.1) is 52.4 Å². The van der Waals surface area contributed by atoms with Crippen LogP contribution in [0, 0.1) is 0 Å². The zero-order valence-corrected chi connectivity index (χ0v) is 19.4. The molecule has 0 amide bonds. The van der Waals surface area contributed by atoms with Crippen LogP contribution in [-0.2, 0) is 38.0 Å². The van der Waals surface area contributed by atoms with Crippen LogP contribution in [0.5, 0.6) is 0 Å². The average Bonchev–Trinajstić information content (AvgIpc) is 2.77. The lowest BCUT2D eigenvalue weighted by atomic mass is 10.4. The number of ether oxygens (including phenoxy) is 6. The lowest BCUT2D eigenvalue weighted by Gasteiger charge is -2.14. The first-order valence-electron chi connectivity index (χ1n) is 9.84. The van der Waals surface area contributed by atoms with E-state index >= 15 is 0 Å². The average molecular weight is 445 g/mol. The van der Waals surface area contributed by atoms with E-state index in [1.807, 2.05) is 6.92 Å². The van der Waals surface area contributed by atoms with Crippen LogP contribution in [0.1, 0.15) is 20.8 Å². The third kappa shape index (κ3) is 25.7. The molecule has 31 heavy (non-hydrogen) atoms. The smallest absolute Gasteiger partial charge is 0.333 e. The largest absolute Gasteiger partial charge is 0.460 e. The molecule has 0 aromatic heterocycles. The first-order chi connectivity index (χ1) is 14.8. The molecule has 8 heteroatoms. The van der Waals surface area contributed by atoms with Crippen molar-refractivity contribution in [3.63, 3.8) is 0 Å². The van der Waals surface area contributed by atoms with Gasteiger partial charge in [-0.25, -0.2) is 9.59 Å². The molecule has 1 atom stereocenters. The maximum Gasteiger partial charge on any atom is 0.333 e. The van der Waals surface area contributed by atoms with Gasteiger partial charge in [0.2, 0.25) is 0 Å². The van der Waals surface area contributed by atoms with Gasteiger partial charge in [0, 0.05) is 11.1 Å². The molecule has 0 aliphatic rings. The highest BCUT2D eigenvalue weighted by Crippen LogP contribution is 1.95. The Kier molecular flexibility index (Phi) is 27.8. The van der Waals surface area contributed by atoms with Crippen LogP contribution in [0.3, 0.4) is 0 Å². The van der Waals surface area contributed by atoms with Crippen LogP contribution in [0.4, 0.5) is 0 Å². The Bertz CT molecular complexity index is 488. The molecule has 0 heterocycles. The summed E-state index contributed by atoms with van der Waals surface area (Å²) in [5.41, 5.74) is 0.729. The van der Waals surface area contributed by atoms with Gasteiger partial charge in [-0.05, 0) is 20.8 Å². The van der Waals surface area contributed by atoms with Crippen LogP contribution in [0.15, 0.2) is 50.6 Å². The number of rotatable bonds is 17. The number of carbonyl (C=O) groups excluding carboxylic acids is 2. The molecule has 1 unspecified atom stereocenters. The summed E-state index contributed by atoms with van der Waals surface area (Å²) in [5.74, 6) is -0.838. The number of hydrogen-bond acceptors (Lipinski definition) is 8. The van der Waals surface area contributed by atoms with E-state index in [2.05, 4.69) is 39.5 Å². The van der Waals surface area contributed by atoms with Crippen molar-refractivity contribution in [3.8, 4) is 0 Å². The fourth-order valence-corrected chi connectivity index (χ4v) is 1.56.